The van der Waals surface area contributed by atoms with Gasteiger partial charge in [0.2, 0.25) is 5.91 Å². The first-order chi connectivity index (χ1) is 14.4. The van der Waals surface area contributed by atoms with E-state index in [1.54, 1.807) is 36.4 Å². The summed E-state index contributed by atoms with van der Waals surface area (Å²) in [6, 6.07) is 15.7. The molecule has 0 spiro atoms. The minimum absolute atomic E-state index is 0.129. The molecule has 1 amide bonds. The zero-order valence-corrected chi connectivity index (χ0v) is 18.4. The summed E-state index contributed by atoms with van der Waals surface area (Å²) in [5, 5.41) is 6.00. The van der Waals surface area contributed by atoms with Crippen LogP contribution in [0.5, 0.6) is 0 Å². The minimum Gasteiger partial charge on any atom is -0.325 e. The van der Waals surface area contributed by atoms with E-state index in [-0.39, 0.29) is 17.3 Å². The van der Waals surface area contributed by atoms with Crippen molar-refractivity contribution in [1.29, 1.82) is 0 Å². The Balaban J connectivity index is 1.59. The smallest absolute Gasteiger partial charge is 0.264 e. The SMILES string of the molecule is CCN1CCC[C@H]1CNCC(=O)Nc1cccc(S(=O)(=O)N(C)c2ccccc2)c1. The van der Waals surface area contributed by atoms with Gasteiger partial charge in [-0.2, -0.15) is 0 Å². The lowest BCUT2D eigenvalue weighted by atomic mass is 10.2. The number of carbonyl (C=O) groups excluding carboxylic acids is 1. The normalized spacial score (nSPS) is 17.1. The van der Waals surface area contributed by atoms with Gasteiger partial charge in [0.1, 0.15) is 0 Å². The summed E-state index contributed by atoms with van der Waals surface area (Å²) in [5.41, 5.74) is 1.03. The molecule has 2 aromatic carbocycles. The maximum atomic E-state index is 12.9. The van der Waals surface area contributed by atoms with Crippen LogP contribution in [0.1, 0.15) is 19.8 Å². The number of amides is 1. The summed E-state index contributed by atoms with van der Waals surface area (Å²) in [5.74, 6) is -0.193. The predicted molar refractivity (Wildman–Crippen MR) is 120 cm³/mol. The molecule has 2 aromatic rings. The molecule has 1 heterocycles. The topological polar surface area (TPSA) is 81.8 Å². The molecule has 0 aromatic heterocycles. The third-order valence-corrected chi connectivity index (χ3v) is 7.25. The Morgan fingerprint density at radius 3 is 2.67 bits per heavy atom. The Bertz CT molecular complexity index is 950. The largest absolute Gasteiger partial charge is 0.325 e. The zero-order chi connectivity index (χ0) is 21.6. The highest BCUT2D eigenvalue weighted by Crippen LogP contribution is 2.23. The molecule has 1 atom stereocenters. The zero-order valence-electron chi connectivity index (χ0n) is 17.5. The molecule has 1 aliphatic rings. The molecule has 30 heavy (non-hydrogen) atoms. The summed E-state index contributed by atoms with van der Waals surface area (Å²) in [7, 11) is -2.21. The molecule has 0 bridgehead atoms. The first-order valence-corrected chi connectivity index (χ1v) is 11.7. The van der Waals surface area contributed by atoms with Crippen LogP contribution in [0.3, 0.4) is 0 Å². The van der Waals surface area contributed by atoms with Crippen LogP contribution in [0.4, 0.5) is 11.4 Å². The molecule has 8 heteroatoms. The number of nitrogens with one attached hydrogen (secondary N) is 2. The molecule has 0 saturated carbocycles. The van der Waals surface area contributed by atoms with Crippen molar-refractivity contribution < 1.29 is 13.2 Å². The minimum atomic E-state index is -3.73. The lowest BCUT2D eigenvalue weighted by Gasteiger charge is -2.22. The van der Waals surface area contributed by atoms with Gasteiger partial charge < -0.3 is 10.6 Å². The maximum absolute atomic E-state index is 12.9. The first kappa shape index (κ1) is 22.3. The number of nitrogens with zero attached hydrogens (tertiary/aromatic N) is 2. The molecule has 0 unspecified atom stereocenters. The monoisotopic (exact) mass is 430 g/mol. The molecule has 2 N–H and O–H groups in total. The van der Waals surface area contributed by atoms with Crippen molar-refractivity contribution in [2.75, 3.05) is 42.8 Å². The van der Waals surface area contributed by atoms with Crippen LogP contribution >= 0.6 is 0 Å². The summed E-state index contributed by atoms with van der Waals surface area (Å²) < 4.78 is 27.1. The number of hydrogen-bond donors (Lipinski definition) is 2. The number of hydrogen-bond acceptors (Lipinski definition) is 5. The number of para-hydroxylation sites is 1. The van der Waals surface area contributed by atoms with Crippen molar-refractivity contribution in [2.45, 2.75) is 30.7 Å². The van der Waals surface area contributed by atoms with Crippen molar-refractivity contribution in [2.24, 2.45) is 0 Å². The van der Waals surface area contributed by atoms with Gasteiger partial charge >= 0.3 is 0 Å². The Hall–Kier alpha value is -2.42. The molecule has 7 nitrogen and oxygen atoms in total. The third kappa shape index (κ3) is 5.38. The summed E-state index contributed by atoms with van der Waals surface area (Å²) >= 11 is 0. The van der Waals surface area contributed by atoms with E-state index < -0.39 is 10.0 Å². The highest BCUT2D eigenvalue weighted by Gasteiger charge is 2.23. The number of anilines is 2. The maximum Gasteiger partial charge on any atom is 0.264 e. The molecule has 0 aliphatic carbocycles. The average Bonchev–Trinajstić information content (AvgIpc) is 3.21. The second kappa shape index (κ2) is 10.1. The van der Waals surface area contributed by atoms with Crippen molar-refractivity contribution >= 4 is 27.3 Å². The van der Waals surface area contributed by atoms with E-state index in [9.17, 15) is 13.2 Å². The summed E-state index contributed by atoms with van der Waals surface area (Å²) in [6.45, 7) is 5.26. The number of rotatable bonds is 9. The Morgan fingerprint density at radius 2 is 1.93 bits per heavy atom. The Morgan fingerprint density at radius 1 is 1.17 bits per heavy atom. The molecular formula is C22H30N4O3S. The van der Waals surface area contributed by atoms with E-state index in [4.69, 9.17) is 0 Å². The van der Waals surface area contributed by atoms with Crippen molar-refractivity contribution in [3.05, 3.63) is 54.6 Å². The van der Waals surface area contributed by atoms with Gasteiger partial charge in [0.05, 0.1) is 17.1 Å². The first-order valence-electron chi connectivity index (χ1n) is 10.3. The third-order valence-electron chi connectivity index (χ3n) is 5.47. The van der Waals surface area contributed by atoms with Crippen molar-refractivity contribution in [3.63, 3.8) is 0 Å². The van der Waals surface area contributed by atoms with E-state index >= 15 is 0 Å². The number of benzene rings is 2. The molecule has 1 saturated heterocycles. The summed E-state index contributed by atoms with van der Waals surface area (Å²) in [4.78, 5) is 14.9. The molecular weight excluding hydrogens is 400 g/mol. The number of sulfonamides is 1. The van der Waals surface area contributed by atoms with Crippen LogP contribution in [0.15, 0.2) is 59.5 Å². The highest BCUT2D eigenvalue weighted by atomic mass is 32.2. The molecule has 0 radical (unpaired) electrons. The molecule has 3 rings (SSSR count). The average molecular weight is 431 g/mol. The van der Waals surface area contributed by atoms with Gasteiger partial charge in [-0.25, -0.2) is 8.42 Å². The molecule has 162 valence electrons. The van der Waals surface area contributed by atoms with Crippen LogP contribution in [-0.4, -0.2) is 58.5 Å². The van der Waals surface area contributed by atoms with Gasteiger partial charge in [-0.1, -0.05) is 31.2 Å². The quantitative estimate of drug-likeness (QED) is 0.639. The van der Waals surface area contributed by atoms with Crippen LogP contribution in [-0.2, 0) is 14.8 Å². The van der Waals surface area contributed by atoms with E-state index in [0.717, 1.165) is 26.1 Å². The van der Waals surface area contributed by atoms with E-state index in [1.165, 1.54) is 29.9 Å². The number of likely N-dealkylation sites (tertiary alicyclic amines) is 1. The second-order valence-corrected chi connectivity index (χ2v) is 9.41. The van der Waals surface area contributed by atoms with E-state index in [1.807, 2.05) is 6.07 Å². The number of carbonyl (C=O) groups is 1. The van der Waals surface area contributed by atoms with Gasteiger partial charge in [0.25, 0.3) is 10.0 Å². The molecule has 1 aliphatic heterocycles. The van der Waals surface area contributed by atoms with E-state index in [0.29, 0.717) is 17.4 Å². The fourth-order valence-electron chi connectivity index (χ4n) is 3.77. The fraction of sp³-hybridized carbons (Fsp3) is 0.409. The van der Waals surface area contributed by atoms with Crippen LogP contribution in [0.2, 0.25) is 0 Å². The Kier molecular flexibility index (Phi) is 7.47. The van der Waals surface area contributed by atoms with Crippen LogP contribution in [0.25, 0.3) is 0 Å². The van der Waals surface area contributed by atoms with Gasteiger partial charge in [0, 0.05) is 25.3 Å². The fourth-order valence-corrected chi connectivity index (χ4v) is 5.01. The lowest BCUT2D eigenvalue weighted by molar-refractivity contribution is -0.115. The van der Waals surface area contributed by atoms with Gasteiger partial charge in [-0.05, 0) is 56.3 Å². The van der Waals surface area contributed by atoms with E-state index in [2.05, 4.69) is 22.5 Å². The number of likely N-dealkylation sites (N-methyl/N-ethyl adjacent to an activating group) is 1. The predicted octanol–water partition coefficient (Wildman–Crippen LogP) is 2.52. The van der Waals surface area contributed by atoms with Gasteiger partial charge in [-0.3, -0.25) is 14.0 Å². The highest BCUT2D eigenvalue weighted by molar-refractivity contribution is 7.92. The molecule has 1 fully saturated rings. The standard InChI is InChI=1S/C22H30N4O3S/c1-3-26-14-8-12-20(26)16-23-17-22(27)24-18-9-7-13-21(15-18)30(28,29)25(2)19-10-5-4-6-11-19/h4-7,9-11,13,15,20,23H,3,8,12,14,16-17H2,1-2H3,(H,24,27)/t20-/m0/s1. The van der Waals surface area contributed by atoms with Crippen LogP contribution < -0.4 is 14.9 Å². The van der Waals surface area contributed by atoms with Crippen LogP contribution in [0, 0.1) is 0 Å². The summed E-state index contributed by atoms with van der Waals surface area (Å²) in [6.07, 6.45) is 2.35. The van der Waals surface area contributed by atoms with Gasteiger partial charge in [-0.15, -0.1) is 0 Å². The lowest BCUT2D eigenvalue weighted by Crippen LogP contribution is -2.40. The second-order valence-electron chi connectivity index (χ2n) is 7.44. The van der Waals surface area contributed by atoms with Crippen molar-refractivity contribution in [1.82, 2.24) is 10.2 Å². The Labute approximate surface area is 179 Å². The van der Waals surface area contributed by atoms with Gasteiger partial charge in [0.15, 0.2) is 0 Å². The van der Waals surface area contributed by atoms with Crippen molar-refractivity contribution in [3.8, 4) is 0 Å².